The Morgan fingerprint density at radius 2 is 1.94 bits per heavy atom. The van der Waals surface area contributed by atoms with Crippen LogP contribution < -0.4 is 5.32 Å². The molecule has 0 unspecified atom stereocenters. The third-order valence-electron chi connectivity index (χ3n) is 3.04. The van der Waals surface area contributed by atoms with Crippen LogP contribution in [-0.4, -0.2) is 24.7 Å². The second-order valence-corrected chi connectivity index (χ2v) is 4.85. The molecule has 0 fully saturated rings. The number of carbonyl (C=O) groups is 1. The van der Waals surface area contributed by atoms with Gasteiger partial charge in [0.2, 0.25) is 0 Å². The van der Waals surface area contributed by atoms with Crippen molar-refractivity contribution >= 4 is 12.0 Å². The standard InChI is InChI=1S/C15H21NO2/c1-15(2,14(17)18)13-9-7-12(8-10-13)6-4-5-11-16-3/h4,6-10,16H,5,11H2,1-3H3,(H,17,18). The molecule has 3 heteroatoms. The van der Waals surface area contributed by atoms with E-state index in [1.54, 1.807) is 13.8 Å². The van der Waals surface area contributed by atoms with Gasteiger partial charge in [-0.25, -0.2) is 0 Å². The SMILES string of the molecule is CNCCC=Cc1ccc(C(C)(C)C(=O)O)cc1. The van der Waals surface area contributed by atoms with Crippen LogP contribution in [0, 0.1) is 0 Å². The van der Waals surface area contributed by atoms with Crippen LogP contribution in [0.3, 0.4) is 0 Å². The molecule has 3 nitrogen and oxygen atoms in total. The molecule has 0 amide bonds. The molecule has 18 heavy (non-hydrogen) atoms. The first-order valence-electron chi connectivity index (χ1n) is 6.13. The molecule has 0 spiro atoms. The predicted molar refractivity (Wildman–Crippen MR) is 74.7 cm³/mol. The molecule has 0 aliphatic carbocycles. The van der Waals surface area contributed by atoms with Gasteiger partial charge in [-0.1, -0.05) is 36.4 Å². The lowest BCUT2D eigenvalue weighted by Crippen LogP contribution is -2.28. The molecule has 1 aromatic carbocycles. The fraction of sp³-hybridized carbons (Fsp3) is 0.400. The second kappa shape index (κ2) is 6.36. The van der Waals surface area contributed by atoms with Gasteiger partial charge >= 0.3 is 5.97 Å². The van der Waals surface area contributed by atoms with E-state index in [2.05, 4.69) is 17.5 Å². The van der Waals surface area contributed by atoms with Crippen LogP contribution in [0.4, 0.5) is 0 Å². The van der Waals surface area contributed by atoms with E-state index in [1.165, 1.54) is 0 Å². The molecule has 0 radical (unpaired) electrons. The predicted octanol–water partition coefficient (Wildman–Crippen LogP) is 2.67. The zero-order valence-electron chi connectivity index (χ0n) is 11.2. The largest absolute Gasteiger partial charge is 0.481 e. The molecular formula is C15H21NO2. The van der Waals surface area contributed by atoms with Crippen LogP contribution >= 0.6 is 0 Å². The van der Waals surface area contributed by atoms with Gasteiger partial charge in [0, 0.05) is 0 Å². The molecule has 0 heterocycles. The summed E-state index contributed by atoms with van der Waals surface area (Å²) in [4.78, 5) is 11.1. The maximum Gasteiger partial charge on any atom is 0.313 e. The van der Waals surface area contributed by atoms with Crippen LogP contribution in [0.1, 0.15) is 31.4 Å². The van der Waals surface area contributed by atoms with Crippen molar-refractivity contribution in [3.63, 3.8) is 0 Å². The van der Waals surface area contributed by atoms with Crippen molar-refractivity contribution in [1.82, 2.24) is 5.32 Å². The Labute approximate surface area is 109 Å². The summed E-state index contributed by atoms with van der Waals surface area (Å²) in [5.41, 5.74) is 1.08. The molecule has 0 saturated carbocycles. The Morgan fingerprint density at radius 3 is 2.44 bits per heavy atom. The zero-order chi connectivity index (χ0) is 13.6. The van der Waals surface area contributed by atoms with E-state index >= 15 is 0 Å². The van der Waals surface area contributed by atoms with Crippen LogP contribution in [0.2, 0.25) is 0 Å². The van der Waals surface area contributed by atoms with Crippen molar-refractivity contribution in [2.75, 3.05) is 13.6 Å². The second-order valence-electron chi connectivity index (χ2n) is 4.85. The number of hydrogen-bond acceptors (Lipinski definition) is 2. The highest BCUT2D eigenvalue weighted by atomic mass is 16.4. The summed E-state index contributed by atoms with van der Waals surface area (Å²) in [5, 5.41) is 12.2. The Hall–Kier alpha value is -1.61. The lowest BCUT2D eigenvalue weighted by molar-refractivity contribution is -0.142. The molecule has 1 rings (SSSR count). The third-order valence-corrected chi connectivity index (χ3v) is 3.04. The smallest absolute Gasteiger partial charge is 0.313 e. The van der Waals surface area contributed by atoms with Crippen LogP contribution in [0.5, 0.6) is 0 Å². The van der Waals surface area contributed by atoms with Crippen LogP contribution in [0.15, 0.2) is 30.3 Å². The number of nitrogens with one attached hydrogen (secondary N) is 1. The maximum absolute atomic E-state index is 11.1. The molecule has 0 saturated heterocycles. The van der Waals surface area contributed by atoms with Crippen LogP contribution in [-0.2, 0) is 10.2 Å². The van der Waals surface area contributed by atoms with E-state index in [0.29, 0.717) is 0 Å². The van der Waals surface area contributed by atoms with Gasteiger partial charge in [-0.2, -0.15) is 0 Å². The fourth-order valence-corrected chi connectivity index (χ4v) is 1.58. The summed E-state index contributed by atoms with van der Waals surface area (Å²) in [6.07, 6.45) is 5.14. The highest BCUT2D eigenvalue weighted by Gasteiger charge is 2.28. The Bertz CT molecular complexity index is 419. The normalized spacial score (nSPS) is 11.9. The monoisotopic (exact) mass is 247 g/mol. The third kappa shape index (κ3) is 3.70. The fourth-order valence-electron chi connectivity index (χ4n) is 1.58. The first-order chi connectivity index (χ1) is 8.48. The van der Waals surface area contributed by atoms with Gasteiger partial charge in [0.1, 0.15) is 0 Å². The van der Waals surface area contributed by atoms with E-state index in [-0.39, 0.29) is 0 Å². The highest BCUT2D eigenvalue weighted by Crippen LogP contribution is 2.23. The van der Waals surface area contributed by atoms with Crippen molar-refractivity contribution in [2.45, 2.75) is 25.7 Å². The lowest BCUT2D eigenvalue weighted by atomic mass is 9.84. The van der Waals surface area contributed by atoms with Gasteiger partial charge in [0.05, 0.1) is 5.41 Å². The average molecular weight is 247 g/mol. The summed E-state index contributed by atoms with van der Waals surface area (Å²) in [5.74, 6) is -0.806. The van der Waals surface area contributed by atoms with Gasteiger partial charge in [0.25, 0.3) is 0 Å². The van der Waals surface area contributed by atoms with Gasteiger partial charge < -0.3 is 10.4 Å². The molecule has 0 bridgehead atoms. The van der Waals surface area contributed by atoms with Crippen molar-refractivity contribution in [1.29, 1.82) is 0 Å². The number of hydrogen-bond donors (Lipinski definition) is 2. The first kappa shape index (κ1) is 14.5. The average Bonchev–Trinajstić information content (AvgIpc) is 2.35. The summed E-state index contributed by atoms with van der Waals surface area (Å²) in [6.45, 7) is 4.39. The van der Waals surface area contributed by atoms with Gasteiger partial charge in [-0.3, -0.25) is 4.79 Å². The van der Waals surface area contributed by atoms with E-state index in [4.69, 9.17) is 5.11 Å². The minimum atomic E-state index is -0.839. The molecule has 98 valence electrons. The van der Waals surface area contributed by atoms with Crippen molar-refractivity contribution in [3.05, 3.63) is 41.5 Å². The lowest BCUT2D eigenvalue weighted by Gasteiger charge is -2.19. The van der Waals surface area contributed by atoms with E-state index in [0.717, 1.165) is 24.1 Å². The number of carboxylic acids is 1. The Balaban J connectivity index is 2.74. The Morgan fingerprint density at radius 1 is 1.33 bits per heavy atom. The van der Waals surface area contributed by atoms with Crippen molar-refractivity contribution in [3.8, 4) is 0 Å². The van der Waals surface area contributed by atoms with Crippen molar-refractivity contribution in [2.24, 2.45) is 0 Å². The molecule has 0 aromatic heterocycles. The Kier molecular flexibility index (Phi) is 5.10. The summed E-state index contributed by atoms with van der Waals surface area (Å²) in [7, 11) is 1.93. The molecule has 0 atom stereocenters. The molecule has 2 N–H and O–H groups in total. The summed E-state index contributed by atoms with van der Waals surface area (Å²) < 4.78 is 0. The number of carboxylic acid groups (broad SMARTS) is 1. The first-order valence-corrected chi connectivity index (χ1v) is 6.13. The highest BCUT2D eigenvalue weighted by molar-refractivity contribution is 5.80. The van der Waals surface area contributed by atoms with Gasteiger partial charge in [-0.05, 0) is 45.0 Å². The summed E-state index contributed by atoms with van der Waals surface area (Å²) in [6, 6.07) is 7.67. The van der Waals surface area contributed by atoms with E-state index < -0.39 is 11.4 Å². The van der Waals surface area contributed by atoms with Crippen LogP contribution in [0.25, 0.3) is 6.08 Å². The summed E-state index contributed by atoms with van der Waals surface area (Å²) >= 11 is 0. The quantitative estimate of drug-likeness (QED) is 0.760. The minimum Gasteiger partial charge on any atom is -0.481 e. The molecular weight excluding hydrogens is 226 g/mol. The number of aliphatic carboxylic acids is 1. The van der Waals surface area contributed by atoms with E-state index in [9.17, 15) is 4.79 Å². The van der Waals surface area contributed by atoms with Crippen molar-refractivity contribution < 1.29 is 9.90 Å². The topological polar surface area (TPSA) is 49.3 Å². The zero-order valence-corrected chi connectivity index (χ0v) is 11.2. The molecule has 0 aliphatic heterocycles. The number of rotatable bonds is 6. The van der Waals surface area contributed by atoms with Gasteiger partial charge in [0.15, 0.2) is 0 Å². The minimum absolute atomic E-state index is 0.806. The van der Waals surface area contributed by atoms with Gasteiger partial charge in [-0.15, -0.1) is 0 Å². The number of benzene rings is 1. The van der Waals surface area contributed by atoms with E-state index in [1.807, 2.05) is 31.3 Å². The molecule has 1 aromatic rings. The maximum atomic E-state index is 11.1. The molecule has 0 aliphatic rings.